The fraction of sp³-hybridized carbons (Fsp3) is 0.154. The molecule has 0 spiro atoms. The summed E-state index contributed by atoms with van der Waals surface area (Å²) in [5.74, 6) is -0.776. The van der Waals surface area contributed by atoms with E-state index in [1.54, 1.807) is 30.6 Å². The van der Waals surface area contributed by atoms with Crippen LogP contribution in [0.1, 0.15) is 27.4 Å². The van der Waals surface area contributed by atoms with Gasteiger partial charge in [-0.15, -0.1) is 0 Å². The summed E-state index contributed by atoms with van der Waals surface area (Å²) < 4.78 is 0. The van der Waals surface area contributed by atoms with Crippen LogP contribution in [0.3, 0.4) is 0 Å². The third-order valence-corrected chi connectivity index (χ3v) is 6.29. The summed E-state index contributed by atoms with van der Waals surface area (Å²) in [6.45, 7) is 0. The lowest BCUT2D eigenvalue weighted by Crippen LogP contribution is -2.44. The van der Waals surface area contributed by atoms with Gasteiger partial charge in [0.15, 0.2) is 11.2 Å². The smallest absolute Gasteiger partial charge is 0.185 e. The number of hydrogen-bond donors (Lipinski definition) is 0. The zero-order chi connectivity index (χ0) is 21.4. The number of hydrogen-bond acceptors (Lipinski definition) is 5. The minimum atomic E-state index is -1.44. The Morgan fingerprint density at radius 1 is 0.968 bits per heavy atom. The number of para-hydroxylation sites is 1. The molecule has 1 fully saturated rings. The number of fused-ring (bicyclic) bond motifs is 3. The van der Waals surface area contributed by atoms with E-state index in [9.17, 15) is 15.3 Å². The molecule has 3 aromatic rings. The van der Waals surface area contributed by atoms with Gasteiger partial charge in [0.25, 0.3) is 0 Å². The summed E-state index contributed by atoms with van der Waals surface area (Å²) in [6, 6.07) is 23.8. The van der Waals surface area contributed by atoms with Crippen molar-refractivity contribution >= 4 is 17.5 Å². The van der Waals surface area contributed by atoms with Crippen LogP contribution in [0, 0.1) is 28.1 Å². The number of pyridine rings is 1. The molecule has 1 saturated heterocycles. The minimum Gasteiger partial charge on any atom is -0.351 e. The maximum Gasteiger partial charge on any atom is 0.185 e. The topological polar surface area (TPSA) is 80.8 Å². The number of ketones is 1. The molecule has 31 heavy (non-hydrogen) atoms. The van der Waals surface area contributed by atoms with Crippen molar-refractivity contribution in [3.63, 3.8) is 0 Å². The third-order valence-electron chi connectivity index (χ3n) is 6.29. The van der Waals surface area contributed by atoms with E-state index < -0.39 is 23.4 Å². The van der Waals surface area contributed by atoms with Crippen molar-refractivity contribution in [3.05, 3.63) is 102 Å². The number of carbonyl (C=O) groups excluding carboxylic acids is 1. The average Bonchev–Trinajstić information content (AvgIpc) is 3.15. The number of anilines is 1. The number of carbonyl (C=O) groups is 1. The molecule has 3 heterocycles. The van der Waals surface area contributed by atoms with Crippen molar-refractivity contribution in [2.75, 3.05) is 4.90 Å². The maximum absolute atomic E-state index is 13.9. The van der Waals surface area contributed by atoms with Crippen LogP contribution in [-0.2, 0) is 0 Å². The highest BCUT2D eigenvalue weighted by Crippen LogP contribution is 2.55. The van der Waals surface area contributed by atoms with E-state index >= 15 is 0 Å². The molecule has 5 rings (SSSR count). The molecular weight excluding hydrogens is 384 g/mol. The standard InChI is InChI=1S/C26H18N4O/c27-16-26(17-28)22-13-12-18-7-4-5-11-21(18)30(22)24(23(26)20-10-6-14-29-15-20)25(31)19-8-2-1-3-9-19/h1-15,22-24H/t22-,23+,24-/m1/s1. The second-order valence-corrected chi connectivity index (χ2v) is 7.80. The quantitative estimate of drug-likeness (QED) is 0.608. The SMILES string of the molecule is N#CC1(C#N)[C@@H](c2cccnc2)[C@H](C(=O)c2ccccc2)N2c3ccccc3C=C[C@@H]21. The van der Waals surface area contributed by atoms with Gasteiger partial charge >= 0.3 is 0 Å². The van der Waals surface area contributed by atoms with Gasteiger partial charge in [-0.05, 0) is 23.3 Å². The second kappa shape index (κ2) is 7.23. The van der Waals surface area contributed by atoms with E-state index in [0.717, 1.165) is 11.3 Å². The highest BCUT2D eigenvalue weighted by Gasteiger charge is 2.63. The van der Waals surface area contributed by atoms with E-state index in [1.165, 1.54) is 0 Å². The summed E-state index contributed by atoms with van der Waals surface area (Å²) >= 11 is 0. The lowest BCUT2D eigenvalue weighted by atomic mass is 9.69. The molecule has 3 atom stereocenters. The molecule has 0 N–H and O–H groups in total. The number of benzene rings is 2. The summed E-state index contributed by atoms with van der Waals surface area (Å²) in [6.07, 6.45) is 7.13. The molecule has 0 amide bonds. The predicted molar refractivity (Wildman–Crippen MR) is 117 cm³/mol. The van der Waals surface area contributed by atoms with Crippen LogP contribution in [-0.4, -0.2) is 22.9 Å². The molecule has 0 aliphatic carbocycles. The normalized spacial score (nSPS) is 22.6. The molecule has 2 aromatic carbocycles. The Bertz CT molecular complexity index is 1240. The van der Waals surface area contributed by atoms with Gasteiger partial charge in [-0.3, -0.25) is 9.78 Å². The Morgan fingerprint density at radius 3 is 2.42 bits per heavy atom. The van der Waals surface area contributed by atoms with Crippen LogP contribution in [0.4, 0.5) is 5.69 Å². The fourth-order valence-corrected chi connectivity index (χ4v) is 4.94. The predicted octanol–water partition coefficient (Wildman–Crippen LogP) is 4.37. The number of Topliss-reactive ketones (excluding diaryl/α,β-unsaturated/α-hetero) is 1. The molecule has 148 valence electrons. The van der Waals surface area contributed by atoms with Crippen LogP contribution < -0.4 is 4.90 Å². The van der Waals surface area contributed by atoms with Crippen LogP contribution in [0.5, 0.6) is 0 Å². The highest BCUT2D eigenvalue weighted by molar-refractivity contribution is 6.04. The van der Waals surface area contributed by atoms with E-state index in [0.29, 0.717) is 11.1 Å². The molecule has 5 heteroatoms. The van der Waals surface area contributed by atoms with Crippen molar-refractivity contribution in [2.45, 2.75) is 18.0 Å². The third kappa shape index (κ3) is 2.68. The van der Waals surface area contributed by atoms with Gasteiger partial charge < -0.3 is 4.90 Å². The zero-order valence-corrected chi connectivity index (χ0v) is 16.6. The van der Waals surface area contributed by atoms with Crippen LogP contribution >= 0.6 is 0 Å². The Labute approximate surface area is 180 Å². The van der Waals surface area contributed by atoms with E-state index in [2.05, 4.69) is 17.1 Å². The maximum atomic E-state index is 13.9. The van der Waals surface area contributed by atoms with Crippen molar-refractivity contribution in [1.29, 1.82) is 10.5 Å². The molecule has 2 aliphatic heterocycles. The molecule has 0 saturated carbocycles. The number of nitriles is 2. The van der Waals surface area contributed by atoms with E-state index in [1.807, 2.05) is 65.6 Å². The summed E-state index contributed by atoms with van der Waals surface area (Å²) in [4.78, 5) is 20.1. The van der Waals surface area contributed by atoms with E-state index in [4.69, 9.17) is 0 Å². The van der Waals surface area contributed by atoms with Crippen LogP contribution in [0.25, 0.3) is 6.08 Å². The lowest BCUT2D eigenvalue weighted by Gasteiger charge is -2.35. The van der Waals surface area contributed by atoms with Crippen molar-refractivity contribution < 1.29 is 4.79 Å². The largest absolute Gasteiger partial charge is 0.351 e. The summed E-state index contributed by atoms with van der Waals surface area (Å²) in [5.41, 5.74) is 1.63. The van der Waals surface area contributed by atoms with Gasteiger partial charge in [0.05, 0.1) is 18.2 Å². The van der Waals surface area contributed by atoms with Gasteiger partial charge in [0.2, 0.25) is 0 Å². The second-order valence-electron chi connectivity index (χ2n) is 7.80. The van der Waals surface area contributed by atoms with Crippen LogP contribution in [0.15, 0.2) is 85.2 Å². The summed E-state index contributed by atoms with van der Waals surface area (Å²) in [7, 11) is 0. The van der Waals surface area contributed by atoms with Gasteiger partial charge in [-0.2, -0.15) is 10.5 Å². The first kappa shape index (κ1) is 18.8. The summed E-state index contributed by atoms with van der Waals surface area (Å²) in [5, 5.41) is 20.7. The monoisotopic (exact) mass is 402 g/mol. The van der Waals surface area contributed by atoms with Crippen molar-refractivity contribution in [3.8, 4) is 12.1 Å². The highest BCUT2D eigenvalue weighted by atomic mass is 16.1. The molecule has 2 aliphatic rings. The zero-order valence-electron chi connectivity index (χ0n) is 16.6. The van der Waals surface area contributed by atoms with Gasteiger partial charge in [0.1, 0.15) is 6.04 Å². The first-order valence-corrected chi connectivity index (χ1v) is 10.1. The van der Waals surface area contributed by atoms with Gasteiger partial charge in [0, 0.05) is 29.6 Å². The lowest BCUT2D eigenvalue weighted by molar-refractivity contribution is 0.0951. The molecule has 0 bridgehead atoms. The molecule has 1 aromatic heterocycles. The van der Waals surface area contributed by atoms with E-state index in [-0.39, 0.29) is 5.78 Å². The first-order valence-electron chi connectivity index (χ1n) is 10.1. The molecular formula is C26H18N4O. The molecule has 5 nitrogen and oxygen atoms in total. The average molecular weight is 402 g/mol. The van der Waals surface area contributed by atoms with Crippen molar-refractivity contribution in [2.24, 2.45) is 5.41 Å². The fourth-order valence-electron chi connectivity index (χ4n) is 4.94. The Balaban J connectivity index is 1.79. The number of nitrogens with zero attached hydrogens (tertiary/aromatic N) is 4. The number of aromatic nitrogens is 1. The van der Waals surface area contributed by atoms with Gasteiger partial charge in [-0.25, -0.2) is 0 Å². The van der Waals surface area contributed by atoms with Gasteiger partial charge in [-0.1, -0.05) is 66.7 Å². The van der Waals surface area contributed by atoms with Crippen molar-refractivity contribution in [1.82, 2.24) is 4.98 Å². The Hall–Kier alpha value is -4.22. The Kier molecular flexibility index (Phi) is 4.38. The minimum absolute atomic E-state index is 0.114. The molecule has 0 radical (unpaired) electrons. The molecule has 0 unspecified atom stereocenters. The first-order chi connectivity index (χ1) is 15.2. The number of rotatable bonds is 3. The Morgan fingerprint density at radius 2 is 1.71 bits per heavy atom. The van der Waals surface area contributed by atoms with Crippen LogP contribution in [0.2, 0.25) is 0 Å².